The lowest BCUT2D eigenvalue weighted by molar-refractivity contribution is -0.129. The first-order valence-electron chi connectivity index (χ1n) is 9.78. The van der Waals surface area contributed by atoms with Crippen molar-refractivity contribution in [3.8, 4) is 22.6 Å². The van der Waals surface area contributed by atoms with Gasteiger partial charge in [-0.15, -0.1) is 0 Å². The third kappa shape index (κ3) is 4.78. The van der Waals surface area contributed by atoms with E-state index in [1.807, 2.05) is 72.8 Å². The molecule has 4 rings (SSSR count). The van der Waals surface area contributed by atoms with Gasteiger partial charge in [-0.3, -0.25) is 20.4 Å². The summed E-state index contributed by atoms with van der Waals surface area (Å²) < 4.78 is 11.1. The van der Waals surface area contributed by atoms with Crippen molar-refractivity contribution >= 4 is 11.8 Å². The number of carbonyl (C=O) groups is 2. The Labute approximate surface area is 174 Å². The van der Waals surface area contributed by atoms with Crippen LogP contribution >= 0.6 is 0 Å². The number of amides is 2. The maximum absolute atomic E-state index is 12.1. The minimum absolute atomic E-state index is 0.172. The van der Waals surface area contributed by atoms with Crippen LogP contribution in [-0.4, -0.2) is 25.0 Å². The van der Waals surface area contributed by atoms with E-state index in [0.29, 0.717) is 12.4 Å². The summed E-state index contributed by atoms with van der Waals surface area (Å²) in [6.45, 7) is 0.467. The molecule has 0 atom stereocenters. The highest BCUT2D eigenvalue weighted by Crippen LogP contribution is 2.29. The number of benzene rings is 3. The fourth-order valence-corrected chi connectivity index (χ4v) is 3.35. The Balaban J connectivity index is 1.27. The van der Waals surface area contributed by atoms with Crippen molar-refractivity contribution < 1.29 is 19.1 Å². The van der Waals surface area contributed by atoms with E-state index in [4.69, 9.17) is 9.47 Å². The van der Waals surface area contributed by atoms with E-state index in [2.05, 4.69) is 10.9 Å². The third-order valence-corrected chi connectivity index (χ3v) is 4.79. The summed E-state index contributed by atoms with van der Waals surface area (Å²) >= 11 is 0. The number of hydrogen-bond donors (Lipinski definition) is 2. The highest BCUT2D eigenvalue weighted by molar-refractivity contribution is 5.84. The van der Waals surface area contributed by atoms with Gasteiger partial charge in [-0.2, -0.15) is 0 Å². The van der Waals surface area contributed by atoms with Crippen molar-refractivity contribution in [3.05, 3.63) is 83.9 Å². The molecule has 0 spiro atoms. The summed E-state index contributed by atoms with van der Waals surface area (Å²) in [6.07, 6.45) is 1.02. The molecule has 0 aliphatic carbocycles. The molecule has 30 heavy (non-hydrogen) atoms. The van der Waals surface area contributed by atoms with Crippen LogP contribution in [0.2, 0.25) is 0 Å². The van der Waals surface area contributed by atoms with Gasteiger partial charge in [-0.1, -0.05) is 60.7 Å². The second-order valence-corrected chi connectivity index (χ2v) is 6.96. The van der Waals surface area contributed by atoms with Gasteiger partial charge in [0.25, 0.3) is 5.91 Å². The average molecular weight is 402 g/mol. The fourth-order valence-electron chi connectivity index (χ4n) is 3.35. The number of nitrogens with one attached hydrogen (secondary N) is 2. The SMILES string of the molecule is O=C(COc1ccccc1-c1ccccc1)NNC(=O)Cc1ccc2c(c1)CCO2. The smallest absolute Gasteiger partial charge is 0.276 e. The van der Waals surface area contributed by atoms with E-state index in [1.54, 1.807) is 0 Å². The quantitative estimate of drug-likeness (QED) is 0.622. The molecule has 0 saturated carbocycles. The van der Waals surface area contributed by atoms with Gasteiger partial charge in [-0.05, 0) is 28.8 Å². The Bertz CT molecular complexity index is 1050. The Morgan fingerprint density at radius 2 is 1.67 bits per heavy atom. The molecule has 152 valence electrons. The lowest BCUT2D eigenvalue weighted by Crippen LogP contribution is -2.44. The molecule has 6 heteroatoms. The maximum Gasteiger partial charge on any atom is 0.276 e. The van der Waals surface area contributed by atoms with Crippen LogP contribution in [0.4, 0.5) is 0 Å². The molecule has 0 saturated heterocycles. The second kappa shape index (κ2) is 9.13. The lowest BCUT2D eigenvalue weighted by Gasteiger charge is -2.12. The van der Waals surface area contributed by atoms with Gasteiger partial charge in [0.05, 0.1) is 13.0 Å². The highest BCUT2D eigenvalue weighted by atomic mass is 16.5. The summed E-state index contributed by atoms with van der Waals surface area (Å²) in [7, 11) is 0. The molecular formula is C24H22N2O4. The van der Waals surface area contributed by atoms with E-state index >= 15 is 0 Å². The first kappa shape index (κ1) is 19.5. The summed E-state index contributed by atoms with van der Waals surface area (Å²) in [4.78, 5) is 24.2. The van der Waals surface area contributed by atoms with E-state index in [-0.39, 0.29) is 18.9 Å². The van der Waals surface area contributed by atoms with Gasteiger partial charge in [0.15, 0.2) is 6.61 Å². The molecule has 3 aromatic rings. The number of fused-ring (bicyclic) bond motifs is 1. The minimum atomic E-state index is -0.437. The van der Waals surface area contributed by atoms with Crippen LogP contribution < -0.4 is 20.3 Å². The van der Waals surface area contributed by atoms with Crippen LogP contribution in [0.15, 0.2) is 72.8 Å². The molecular weight excluding hydrogens is 380 g/mol. The summed E-state index contributed by atoms with van der Waals surface area (Å²) in [6, 6.07) is 23.0. The van der Waals surface area contributed by atoms with Crippen LogP contribution in [0.3, 0.4) is 0 Å². The van der Waals surface area contributed by atoms with Crippen LogP contribution in [0.5, 0.6) is 11.5 Å². The number of rotatable bonds is 6. The van der Waals surface area contributed by atoms with Crippen LogP contribution in [0.1, 0.15) is 11.1 Å². The van der Waals surface area contributed by atoms with Crippen LogP contribution in [0.25, 0.3) is 11.1 Å². The summed E-state index contributed by atoms with van der Waals surface area (Å²) in [5.74, 6) is 0.742. The van der Waals surface area contributed by atoms with Gasteiger partial charge in [0.2, 0.25) is 5.91 Å². The average Bonchev–Trinajstić information content (AvgIpc) is 3.25. The molecule has 3 aromatic carbocycles. The number of hydrogen-bond acceptors (Lipinski definition) is 4. The molecule has 0 bridgehead atoms. The van der Waals surface area contributed by atoms with Gasteiger partial charge >= 0.3 is 0 Å². The molecule has 0 unspecified atom stereocenters. The maximum atomic E-state index is 12.1. The number of hydrazine groups is 1. The second-order valence-electron chi connectivity index (χ2n) is 6.96. The van der Waals surface area contributed by atoms with Crippen molar-refractivity contribution in [1.29, 1.82) is 0 Å². The first-order valence-corrected chi connectivity index (χ1v) is 9.78. The number of carbonyl (C=O) groups excluding carboxylic acids is 2. The zero-order valence-corrected chi connectivity index (χ0v) is 16.4. The van der Waals surface area contributed by atoms with Crippen molar-refractivity contribution in [2.24, 2.45) is 0 Å². The van der Waals surface area contributed by atoms with Crippen LogP contribution in [0, 0.1) is 0 Å². The van der Waals surface area contributed by atoms with Gasteiger partial charge in [0.1, 0.15) is 11.5 Å². The molecule has 1 aliphatic heterocycles. The zero-order chi connectivity index (χ0) is 20.8. The summed E-state index contributed by atoms with van der Waals surface area (Å²) in [5.41, 5.74) is 8.71. The zero-order valence-electron chi connectivity index (χ0n) is 16.4. The first-order chi connectivity index (χ1) is 14.7. The molecule has 0 fully saturated rings. The summed E-state index contributed by atoms with van der Waals surface area (Å²) in [5, 5.41) is 0. The molecule has 0 aromatic heterocycles. The predicted octanol–water partition coefficient (Wildman–Crippen LogP) is 3.06. The third-order valence-electron chi connectivity index (χ3n) is 4.79. The van der Waals surface area contributed by atoms with Crippen LogP contribution in [-0.2, 0) is 22.4 Å². The highest BCUT2D eigenvalue weighted by Gasteiger charge is 2.14. The van der Waals surface area contributed by atoms with E-state index < -0.39 is 5.91 Å². The Kier molecular flexibility index (Phi) is 5.94. The Morgan fingerprint density at radius 3 is 2.53 bits per heavy atom. The van der Waals surface area contributed by atoms with Gasteiger partial charge < -0.3 is 9.47 Å². The lowest BCUT2D eigenvalue weighted by atomic mass is 10.1. The number of para-hydroxylation sites is 1. The van der Waals surface area contributed by atoms with Gasteiger partial charge in [-0.25, -0.2) is 0 Å². The molecule has 0 radical (unpaired) electrons. The largest absolute Gasteiger partial charge is 0.493 e. The molecule has 6 nitrogen and oxygen atoms in total. The van der Waals surface area contributed by atoms with Crippen molar-refractivity contribution in [2.75, 3.05) is 13.2 Å². The minimum Gasteiger partial charge on any atom is -0.493 e. The number of ether oxygens (including phenoxy) is 2. The van der Waals surface area contributed by atoms with Crippen molar-refractivity contribution in [2.45, 2.75) is 12.8 Å². The standard InChI is InChI=1S/C24H22N2O4/c27-23(15-17-10-11-21-19(14-17)12-13-29-21)25-26-24(28)16-30-22-9-5-4-8-20(22)18-6-2-1-3-7-18/h1-11,14H,12-13,15-16H2,(H,25,27)(H,26,28). The molecule has 2 amide bonds. The van der Waals surface area contributed by atoms with Gasteiger partial charge in [0, 0.05) is 12.0 Å². The Morgan fingerprint density at radius 1 is 0.900 bits per heavy atom. The fraction of sp³-hybridized carbons (Fsp3) is 0.167. The van der Waals surface area contributed by atoms with E-state index in [9.17, 15) is 9.59 Å². The van der Waals surface area contributed by atoms with E-state index in [0.717, 1.165) is 34.4 Å². The van der Waals surface area contributed by atoms with Crippen molar-refractivity contribution in [3.63, 3.8) is 0 Å². The predicted molar refractivity (Wildman–Crippen MR) is 113 cm³/mol. The Hall–Kier alpha value is -3.80. The topological polar surface area (TPSA) is 76.7 Å². The molecule has 2 N–H and O–H groups in total. The molecule has 1 heterocycles. The normalized spacial score (nSPS) is 11.9. The monoisotopic (exact) mass is 402 g/mol. The molecule has 1 aliphatic rings. The van der Waals surface area contributed by atoms with E-state index in [1.165, 1.54) is 0 Å². The van der Waals surface area contributed by atoms with Crippen molar-refractivity contribution in [1.82, 2.24) is 10.9 Å².